The first-order chi connectivity index (χ1) is 8.97. The zero-order valence-corrected chi connectivity index (χ0v) is 12.3. The smallest absolute Gasteiger partial charge is 0.252 e. The summed E-state index contributed by atoms with van der Waals surface area (Å²) in [5, 5.41) is 9.14. The van der Waals surface area contributed by atoms with Crippen molar-refractivity contribution in [3.63, 3.8) is 0 Å². The van der Waals surface area contributed by atoms with Crippen LogP contribution in [0.4, 0.5) is 0 Å². The van der Waals surface area contributed by atoms with Gasteiger partial charge in [0.15, 0.2) is 0 Å². The lowest BCUT2D eigenvalue weighted by molar-refractivity contribution is -0.0750. The van der Waals surface area contributed by atoms with Crippen LogP contribution in [0.1, 0.15) is 11.8 Å². The van der Waals surface area contributed by atoms with Crippen LogP contribution in [0.3, 0.4) is 0 Å². The summed E-state index contributed by atoms with van der Waals surface area (Å²) in [5.41, 5.74) is 5.50. The Morgan fingerprint density at radius 1 is 1.53 bits per heavy atom. The Bertz CT molecular complexity index is 529. The van der Waals surface area contributed by atoms with Crippen molar-refractivity contribution in [2.45, 2.75) is 29.9 Å². The van der Waals surface area contributed by atoms with Gasteiger partial charge in [0.25, 0.3) is 10.0 Å². The second kappa shape index (κ2) is 5.86. The molecule has 0 amide bonds. The number of aliphatic hydroxyl groups excluding tert-OH is 1. The second-order valence-corrected chi connectivity index (χ2v) is 7.83. The Labute approximate surface area is 116 Å². The maximum atomic E-state index is 12.5. The van der Waals surface area contributed by atoms with E-state index in [1.54, 1.807) is 19.1 Å². The minimum absolute atomic E-state index is 0.180. The molecule has 1 fully saturated rings. The van der Waals surface area contributed by atoms with Gasteiger partial charge in [0.1, 0.15) is 4.21 Å². The fourth-order valence-electron chi connectivity index (χ4n) is 2.03. The molecule has 1 saturated heterocycles. The second-order valence-electron chi connectivity index (χ2n) is 4.50. The van der Waals surface area contributed by atoms with Crippen molar-refractivity contribution in [3.8, 4) is 0 Å². The van der Waals surface area contributed by atoms with Gasteiger partial charge in [-0.25, -0.2) is 8.42 Å². The number of morpholine rings is 1. The summed E-state index contributed by atoms with van der Waals surface area (Å²) in [6.07, 6.45) is -0.693. The Balaban J connectivity index is 2.23. The quantitative estimate of drug-likeness (QED) is 0.815. The van der Waals surface area contributed by atoms with E-state index in [9.17, 15) is 8.42 Å². The minimum atomic E-state index is -3.52. The zero-order chi connectivity index (χ0) is 14.0. The van der Waals surface area contributed by atoms with E-state index in [0.717, 1.165) is 4.88 Å². The molecule has 1 aromatic rings. The van der Waals surface area contributed by atoms with Crippen LogP contribution in [0.2, 0.25) is 0 Å². The number of sulfonamides is 1. The van der Waals surface area contributed by atoms with Gasteiger partial charge in [-0.1, -0.05) is 0 Å². The van der Waals surface area contributed by atoms with Crippen LogP contribution in [0, 0.1) is 0 Å². The standard InChI is InChI=1S/C11H18N2O4S2/c1-8-5-13(6-9(7-14)17-8)19(15,16)11-3-2-10(4-12)18-11/h2-3,8-9,14H,4-7,12H2,1H3. The lowest BCUT2D eigenvalue weighted by Crippen LogP contribution is -2.50. The van der Waals surface area contributed by atoms with Crippen molar-refractivity contribution in [1.29, 1.82) is 0 Å². The molecule has 8 heteroatoms. The van der Waals surface area contributed by atoms with Crippen molar-refractivity contribution >= 4 is 21.4 Å². The third-order valence-electron chi connectivity index (χ3n) is 2.93. The topological polar surface area (TPSA) is 92.9 Å². The molecule has 3 N–H and O–H groups in total. The van der Waals surface area contributed by atoms with Crippen LogP contribution in [0.5, 0.6) is 0 Å². The lowest BCUT2D eigenvalue weighted by atomic mass is 10.2. The summed E-state index contributed by atoms with van der Waals surface area (Å²) in [5.74, 6) is 0. The molecular weight excluding hydrogens is 288 g/mol. The largest absolute Gasteiger partial charge is 0.394 e. The molecule has 2 unspecified atom stereocenters. The molecule has 0 aromatic carbocycles. The highest BCUT2D eigenvalue weighted by molar-refractivity contribution is 7.91. The molecule has 2 rings (SSSR count). The molecule has 1 aromatic heterocycles. The van der Waals surface area contributed by atoms with Crippen LogP contribution in [-0.2, 0) is 21.3 Å². The molecule has 6 nitrogen and oxygen atoms in total. The van der Waals surface area contributed by atoms with Gasteiger partial charge in [-0.05, 0) is 19.1 Å². The van der Waals surface area contributed by atoms with Crippen molar-refractivity contribution in [2.75, 3.05) is 19.7 Å². The Morgan fingerprint density at radius 2 is 2.26 bits per heavy atom. The average molecular weight is 306 g/mol. The highest BCUT2D eigenvalue weighted by Gasteiger charge is 2.34. The highest BCUT2D eigenvalue weighted by atomic mass is 32.2. The average Bonchev–Trinajstić information content (AvgIpc) is 2.87. The molecule has 0 bridgehead atoms. The predicted octanol–water partition coefficient (Wildman–Crippen LogP) is -0.0229. The van der Waals surface area contributed by atoms with Crippen LogP contribution < -0.4 is 5.73 Å². The minimum Gasteiger partial charge on any atom is -0.394 e. The third-order valence-corrected chi connectivity index (χ3v) is 6.34. The maximum Gasteiger partial charge on any atom is 0.252 e. The van der Waals surface area contributed by atoms with Crippen LogP contribution >= 0.6 is 11.3 Å². The Hall–Kier alpha value is -0.510. The Kier molecular flexibility index (Phi) is 4.59. The zero-order valence-electron chi connectivity index (χ0n) is 10.7. The molecular formula is C11H18N2O4S2. The number of nitrogens with two attached hydrogens (primary N) is 1. The Morgan fingerprint density at radius 3 is 2.84 bits per heavy atom. The first-order valence-electron chi connectivity index (χ1n) is 6.02. The van der Waals surface area contributed by atoms with Crippen molar-refractivity contribution in [1.82, 2.24) is 4.31 Å². The SMILES string of the molecule is CC1CN(S(=O)(=O)c2ccc(CN)s2)CC(CO)O1. The summed E-state index contributed by atoms with van der Waals surface area (Å²) in [4.78, 5) is 0.832. The highest BCUT2D eigenvalue weighted by Crippen LogP contribution is 2.26. The molecule has 1 aliphatic heterocycles. The molecule has 0 saturated carbocycles. The molecule has 0 spiro atoms. The fourth-order valence-corrected chi connectivity index (χ4v) is 4.97. The van der Waals surface area contributed by atoms with Crippen molar-refractivity contribution < 1.29 is 18.3 Å². The first-order valence-corrected chi connectivity index (χ1v) is 8.28. The number of aliphatic hydroxyl groups is 1. The maximum absolute atomic E-state index is 12.5. The first kappa shape index (κ1) is 14.9. The van der Waals surface area contributed by atoms with Gasteiger partial charge >= 0.3 is 0 Å². The van der Waals surface area contributed by atoms with Gasteiger partial charge in [-0.15, -0.1) is 11.3 Å². The van der Waals surface area contributed by atoms with Crippen molar-refractivity contribution in [3.05, 3.63) is 17.0 Å². The lowest BCUT2D eigenvalue weighted by Gasteiger charge is -2.34. The number of ether oxygens (including phenoxy) is 1. The molecule has 0 aliphatic carbocycles. The summed E-state index contributed by atoms with van der Waals surface area (Å²) in [6, 6.07) is 3.31. The third kappa shape index (κ3) is 3.15. The predicted molar refractivity (Wildman–Crippen MR) is 72.4 cm³/mol. The van der Waals surface area contributed by atoms with Crippen LogP contribution in [0.25, 0.3) is 0 Å². The van der Waals surface area contributed by atoms with Gasteiger partial charge in [0.05, 0.1) is 18.8 Å². The summed E-state index contributed by atoms with van der Waals surface area (Å²) in [7, 11) is -3.52. The van der Waals surface area contributed by atoms with E-state index in [2.05, 4.69) is 0 Å². The van der Waals surface area contributed by atoms with E-state index in [0.29, 0.717) is 17.3 Å². The number of hydrogen-bond acceptors (Lipinski definition) is 6. The molecule has 1 aliphatic rings. The van der Waals surface area contributed by atoms with Gasteiger partial charge in [0.2, 0.25) is 0 Å². The summed E-state index contributed by atoms with van der Waals surface area (Å²) in [6.45, 7) is 2.42. The number of hydrogen-bond donors (Lipinski definition) is 2. The van der Waals surface area contributed by atoms with Gasteiger partial charge < -0.3 is 15.6 Å². The van der Waals surface area contributed by atoms with E-state index >= 15 is 0 Å². The number of nitrogens with zero attached hydrogens (tertiary/aromatic N) is 1. The fraction of sp³-hybridized carbons (Fsp3) is 0.636. The number of thiophene rings is 1. The summed E-state index contributed by atoms with van der Waals surface area (Å²) >= 11 is 1.19. The number of rotatable bonds is 4. The summed E-state index contributed by atoms with van der Waals surface area (Å²) < 4.78 is 32.1. The van der Waals surface area contributed by atoms with Gasteiger partial charge in [-0.2, -0.15) is 4.31 Å². The van der Waals surface area contributed by atoms with Gasteiger partial charge in [0, 0.05) is 24.5 Å². The molecule has 0 radical (unpaired) electrons. The van der Waals surface area contributed by atoms with Crippen LogP contribution in [-0.4, -0.2) is 49.7 Å². The van der Waals surface area contributed by atoms with Crippen molar-refractivity contribution in [2.24, 2.45) is 5.73 Å². The molecule has 19 heavy (non-hydrogen) atoms. The van der Waals surface area contributed by atoms with Gasteiger partial charge in [-0.3, -0.25) is 0 Å². The van der Waals surface area contributed by atoms with E-state index in [1.807, 2.05) is 0 Å². The van der Waals surface area contributed by atoms with E-state index in [1.165, 1.54) is 15.6 Å². The molecule has 2 heterocycles. The normalized spacial score (nSPS) is 25.6. The monoisotopic (exact) mass is 306 g/mol. The molecule has 2 atom stereocenters. The van der Waals surface area contributed by atoms with Crippen LogP contribution in [0.15, 0.2) is 16.3 Å². The molecule has 108 valence electrons. The van der Waals surface area contributed by atoms with E-state index in [4.69, 9.17) is 15.6 Å². The van der Waals surface area contributed by atoms with E-state index in [-0.39, 0.29) is 19.3 Å². The van der Waals surface area contributed by atoms with E-state index < -0.39 is 16.1 Å².